The van der Waals surface area contributed by atoms with E-state index in [1.165, 1.54) is 12.1 Å². The number of hydrogen-bond acceptors (Lipinski definition) is 3. The van der Waals surface area contributed by atoms with Gasteiger partial charge in [-0.2, -0.15) is 0 Å². The van der Waals surface area contributed by atoms with Gasteiger partial charge in [0.05, 0.1) is 6.61 Å². The molecule has 132 valence electrons. The van der Waals surface area contributed by atoms with Crippen LogP contribution in [0.2, 0.25) is 0 Å². The second-order valence-electron chi connectivity index (χ2n) is 5.92. The number of rotatable bonds is 9. The van der Waals surface area contributed by atoms with Crippen LogP contribution in [0.1, 0.15) is 33.1 Å². The van der Waals surface area contributed by atoms with Crippen molar-refractivity contribution in [3.63, 3.8) is 0 Å². The molecule has 0 aliphatic rings. The molecule has 0 aliphatic heterocycles. The van der Waals surface area contributed by atoms with Crippen molar-refractivity contribution in [1.82, 2.24) is 4.90 Å². The zero-order chi connectivity index (χ0) is 16.5. The molecule has 1 unspecified atom stereocenters. The van der Waals surface area contributed by atoms with E-state index < -0.39 is 0 Å². The average Bonchev–Trinajstić information content (AvgIpc) is 2.50. The summed E-state index contributed by atoms with van der Waals surface area (Å²) in [7, 11) is 1.80. The van der Waals surface area contributed by atoms with Crippen molar-refractivity contribution in [2.45, 2.75) is 39.2 Å². The molecule has 2 N–H and O–H groups in total. The Bertz CT molecular complexity index is 454. The van der Waals surface area contributed by atoms with Crippen LogP contribution < -0.4 is 10.5 Å². The minimum absolute atomic E-state index is 0. The monoisotopic (exact) mass is 346 g/mol. The summed E-state index contributed by atoms with van der Waals surface area (Å²) in [5, 5.41) is 0. The van der Waals surface area contributed by atoms with Crippen LogP contribution in [-0.4, -0.2) is 37.0 Å². The zero-order valence-electron chi connectivity index (χ0n) is 14.1. The predicted molar refractivity (Wildman–Crippen MR) is 93.4 cm³/mol. The Hall–Kier alpha value is -1.33. The summed E-state index contributed by atoms with van der Waals surface area (Å²) in [5.74, 6) is 0.847. The van der Waals surface area contributed by atoms with Gasteiger partial charge in [0.25, 0.3) is 0 Å². The first-order valence-electron chi connectivity index (χ1n) is 7.78. The Kier molecular flexibility index (Phi) is 10.6. The topological polar surface area (TPSA) is 55.6 Å². The molecule has 0 fully saturated rings. The molecule has 0 saturated carbocycles. The van der Waals surface area contributed by atoms with Gasteiger partial charge in [0.2, 0.25) is 5.91 Å². The lowest BCUT2D eigenvalue weighted by molar-refractivity contribution is -0.130. The van der Waals surface area contributed by atoms with Crippen LogP contribution in [0.25, 0.3) is 0 Å². The third-order valence-corrected chi connectivity index (χ3v) is 3.70. The molecule has 0 radical (unpaired) electrons. The van der Waals surface area contributed by atoms with Crippen molar-refractivity contribution >= 4 is 18.3 Å². The van der Waals surface area contributed by atoms with Gasteiger partial charge in [-0.1, -0.05) is 13.8 Å². The van der Waals surface area contributed by atoms with Crippen molar-refractivity contribution < 1.29 is 13.9 Å². The van der Waals surface area contributed by atoms with Crippen LogP contribution in [0.15, 0.2) is 24.3 Å². The SMILES string of the molecule is CC(C)C(N)CCN(C)C(=O)CCCOc1ccc(F)cc1.Cl. The fraction of sp³-hybridized carbons (Fsp3) is 0.588. The second kappa shape index (κ2) is 11.2. The molecular formula is C17H28ClFN2O2. The van der Waals surface area contributed by atoms with Crippen molar-refractivity contribution in [2.24, 2.45) is 11.7 Å². The highest BCUT2D eigenvalue weighted by Gasteiger charge is 2.12. The van der Waals surface area contributed by atoms with E-state index in [1.807, 2.05) is 0 Å². The number of halogens is 2. The third kappa shape index (κ3) is 8.77. The molecule has 0 heterocycles. The van der Waals surface area contributed by atoms with Gasteiger partial charge in [-0.05, 0) is 43.0 Å². The molecule has 0 aromatic heterocycles. The Morgan fingerprint density at radius 2 is 1.91 bits per heavy atom. The lowest BCUT2D eigenvalue weighted by Crippen LogP contribution is -2.34. The second-order valence-corrected chi connectivity index (χ2v) is 5.92. The summed E-state index contributed by atoms with van der Waals surface area (Å²) in [6.45, 7) is 5.28. The van der Waals surface area contributed by atoms with E-state index in [0.717, 1.165) is 6.42 Å². The smallest absolute Gasteiger partial charge is 0.222 e. The number of amides is 1. The van der Waals surface area contributed by atoms with Crippen molar-refractivity contribution in [3.8, 4) is 5.75 Å². The molecule has 23 heavy (non-hydrogen) atoms. The molecular weight excluding hydrogens is 319 g/mol. The van der Waals surface area contributed by atoms with Crippen LogP contribution in [0.5, 0.6) is 5.75 Å². The molecule has 1 atom stereocenters. The van der Waals surface area contributed by atoms with Crippen LogP contribution in [0.3, 0.4) is 0 Å². The van der Waals surface area contributed by atoms with Crippen LogP contribution >= 0.6 is 12.4 Å². The summed E-state index contributed by atoms with van der Waals surface area (Å²) < 4.78 is 18.2. The van der Waals surface area contributed by atoms with Crippen molar-refractivity contribution in [1.29, 1.82) is 0 Å². The summed E-state index contributed by atoms with van der Waals surface area (Å²) in [5.41, 5.74) is 5.98. The number of carbonyl (C=O) groups is 1. The molecule has 0 saturated heterocycles. The largest absolute Gasteiger partial charge is 0.494 e. The maximum absolute atomic E-state index is 12.7. The number of carbonyl (C=O) groups excluding carboxylic acids is 1. The van der Waals surface area contributed by atoms with E-state index in [2.05, 4.69) is 13.8 Å². The first-order chi connectivity index (χ1) is 10.4. The van der Waals surface area contributed by atoms with Crippen molar-refractivity contribution in [3.05, 3.63) is 30.1 Å². The molecule has 4 nitrogen and oxygen atoms in total. The highest BCUT2D eigenvalue weighted by Crippen LogP contribution is 2.11. The van der Waals surface area contributed by atoms with E-state index in [1.54, 1.807) is 24.1 Å². The maximum atomic E-state index is 12.7. The summed E-state index contributed by atoms with van der Waals surface area (Å²) >= 11 is 0. The molecule has 1 amide bonds. The number of hydrogen-bond donors (Lipinski definition) is 1. The number of nitrogens with two attached hydrogens (primary N) is 1. The van der Waals surface area contributed by atoms with Gasteiger partial charge in [-0.3, -0.25) is 4.79 Å². The van der Waals surface area contributed by atoms with Gasteiger partial charge in [-0.25, -0.2) is 4.39 Å². The minimum Gasteiger partial charge on any atom is -0.494 e. The highest BCUT2D eigenvalue weighted by molar-refractivity contribution is 5.85. The Morgan fingerprint density at radius 1 is 1.30 bits per heavy atom. The number of ether oxygens (including phenoxy) is 1. The standard InChI is InChI=1S/C17H27FN2O2.ClH/c1-13(2)16(19)10-11-20(3)17(21)5-4-12-22-15-8-6-14(18)7-9-15;/h6-9,13,16H,4-5,10-12,19H2,1-3H3;1H. The maximum Gasteiger partial charge on any atom is 0.222 e. The van der Waals surface area contributed by atoms with Gasteiger partial charge in [0.15, 0.2) is 0 Å². The Balaban J connectivity index is 0.00000484. The first-order valence-corrected chi connectivity index (χ1v) is 7.78. The summed E-state index contributed by atoms with van der Waals surface area (Å²) in [6, 6.07) is 5.99. The lowest BCUT2D eigenvalue weighted by Gasteiger charge is -2.21. The fourth-order valence-corrected chi connectivity index (χ4v) is 1.94. The molecule has 1 aromatic carbocycles. The van der Waals surface area contributed by atoms with E-state index in [4.69, 9.17) is 10.5 Å². The van der Waals surface area contributed by atoms with Crippen LogP contribution in [0, 0.1) is 11.7 Å². The Labute approximate surface area is 144 Å². The predicted octanol–water partition coefficient (Wildman–Crippen LogP) is 3.24. The van der Waals surface area contributed by atoms with Crippen molar-refractivity contribution in [2.75, 3.05) is 20.2 Å². The zero-order valence-corrected chi connectivity index (χ0v) is 14.9. The molecule has 6 heteroatoms. The van der Waals surface area contributed by atoms with Crippen LogP contribution in [0.4, 0.5) is 4.39 Å². The van der Waals surface area contributed by atoms with E-state index in [-0.39, 0.29) is 30.2 Å². The summed E-state index contributed by atoms with van der Waals surface area (Å²) in [4.78, 5) is 13.7. The van der Waals surface area contributed by atoms with Crippen LogP contribution in [-0.2, 0) is 4.79 Å². The first kappa shape index (κ1) is 21.7. The van der Waals surface area contributed by atoms with E-state index in [9.17, 15) is 9.18 Å². The fourth-order valence-electron chi connectivity index (χ4n) is 1.94. The Morgan fingerprint density at radius 3 is 2.48 bits per heavy atom. The van der Waals surface area contributed by atoms with Gasteiger partial charge in [0, 0.05) is 26.1 Å². The molecule has 0 bridgehead atoms. The van der Waals surface area contributed by atoms with E-state index >= 15 is 0 Å². The molecule has 0 aliphatic carbocycles. The van der Waals surface area contributed by atoms with Gasteiger partial charge in [-0.15, -0.1) is 12.4 Å². The summed E-state index contributed by atoms with van der Waals surface area (Å²) in [6.07, 6.45) is 1.89. The highest BCUT2D eigenvalue weighted by atomic mass is 35.5. The quantitative estimate of drug-likeness (QED) is 0.698. The van der Waals surface area contributed by atoms with E-state index in [0.29, 0.717) is 37.7 Å². The van der Waals surface area contributed by atoms with Gasteiger partial charge in [0.1, 0.15) is 11.6 Å². The molecule has 0 spiro atoms. The molecule has 1 rings (SSSR count). The number of benzene rings is 1. The van der Waals surface area contributed by atoms with Gasteiger partial charge >= 0.3 is 0 Å². The number of nitrogens with zero attached hydrogens (tertiary/aromatic N) is 1. The normalized spacial score (nSPS) is 11.7. The van der Waals surface area contributed by atoms with Gasteiger partial charge < -0.3 is 15.4 Å². The third-order valence-electron chi connectivity index (χ3n) is 3.70. The average molecular weight is 347 g/mol. The molecule has 1 aromatic rings. The minimum atomic E-state index is -0.288. The lowest BCUT2D eigenvalue weighted by atomic mass is 10.0.